The second-order valence-electron chi connectivity index (χ2n) is 8.59. The van der Waals surface area contributed by atoms with Gasteiger partial charge in [-0.15, -0.1) is 0 Å². The van der Waals surface area contributed by atoms with E-state index in [2.05, 4.69) is 25.6 Å². The van der Waals surface area contributed by atoms with Crippen LogP contribution in [0.5, 0.6) is 0 Å². The van der Waals surface area contributed by atoms with Gasteiger partial charge in [0, 0.05) is 32.1 Å². The molecule has 2 aromatic heterocycles. The predicted molar refractivity (Wildman–Crippen MR) is 112 cm³/mol. The van der Waals surface area contributed by atoms with Gasteiger partial charge in [0.1, 0.15) is 23.7 Å². The van der Waals surface area contributed by atoms with Gasteiger partial charge in [-0.25, -0.2) is 28.5 Å². The number of cyclic esters (lactones) is 1. The van der Waals surface area contributed by atoms with Crippen LogP contribution in [0, 0.1) is 0 Å². The van der Waals surface area contributed by atoms with Crippen LogP contribution in [0.3, 0.4) is 0 Å². The summed E-state index contributed by atoms with van der Waals surface area (Å²) in [5, 5.41) is 5.48. The Kier molecular flexibility index (Phi) is 5.74. The lowest BCUT2D eigenvalue weighted by Crippen LogP contribution is -2.53. The maximum Gasteiger partial charge on any atom is 0.421 e. The number of aromatic nitrogens is 3. The summed E-state index contributed by atoms with van der Waals surface area (Å²) in [6, 6.07) is 2.52. The Bertz CT molecular complexity index is 1140. The Morgan fingerprint density at radius 2 is 2.03 bits per heavy atom. The summed E-state index contributed by atoms with van der Waals surface area (Å²) in [5.74, 6) is 0.0122. The Labute approximate surface area is 196 Å². The molecule has 0 aliphatic carbocycles. The van der Waals surface area contributed by atoms with Gasteiger partial charge in [0.15, 0.2) is 11.7 Å². The Balaban J connectivity index is 1.70. The fourth-order valence-corrected chi connectivity index (χ4v) is 4.54. The molecule has 188 valence electrons. The molecule has 2 unspecified atom stereocenters. The highest BCUT2D eigenvalue weighted by Crippen LogP contribution is 2.51. The Morgan fingerprint density at radius 3 is 2.66 bits per heavy atom. The molecular weight excluding hydrogens is 479 g/mol. The van der Waals surface area contributed by atoms with Crippen LogP contribution in [0.2, 0.25) is 0 Å². The van der Waals surface area contributed by atoms with E-state index in [1.54, 1.807) is 0 Å². The molecule has 2 fully saturated rings. The van der Waals surface area contributed by atoms with Gasteiger partial charge in [-0.1, -0.05) is 0 Å². The van der Waals surface area contributed by atoms with E-state index in [1.807, 2.05) is 11.8 Å². The lowest BCUT2D eigenvalue weighted by Gasteiger charge is -2.44. The quantitative estimate of drug-likeness (QED) is 0.617. The van der Waals surface area contributed by atoms with Crippen molar-refractivity contribution in [3.05, 3.63) is 29.6 Å². The van der Waals surface area contributed by atoms with Crippen molar-refractivity contribution in [1.29, 1.82) is 0 Å². The molecule has 2 aromatic rings. The second kappa shape index (κ2) is 8.52. The van der Waals surface area contributed by atoms with Gasteiger partial charge in [-0.05, 0) is 24.6 Å². The van der Waals surface area contributed by atoms with E-state index in [0.717, 1.165) is 12.4 Å². The van der Waals surface area contributed by atoms with Crippen LogP contribution in [0.4, 0.5) is 38.4 Å². The largest absolute Gasteiger partial charge is 0.435 e. The highest BCUT2D eigenvalue weighted by Gasteiger charge is 2.61. The highest BCUT2D eigenvalue weighted by atomic mass is 19.4. The van der Waals surface area contributed by atoms with Crippen molar-refractivity contribution >= 4 is 17.7 Å². The maximum atomic E-state index is 14.1. The third kappa shape index (κ3) is 4.03. The molecule has 0 aromatic carbocycles. The summed E-state index contributed by atoms with van der Waals surface area (Å²) in [6.45, 7) is 3.38. The summed E-state index contributed by atoms with van der Waals surface area (Å²) >= 11 is 0. The number of fused-ring (bicyclic) bond motifs is 1. The molecule has 35 heavy (non-hydrogen) atoms. The average molecular weight is 500 g/mol. The average Bonchev–Trinajstić information content (AvgIpc) is 2.76. The van der Waals surface area contributed by atoms with Crippen molar-refractivity contribution in [3.8, 4) is 11.4 Å². The Hall–Kier alpha value is -3.13. The molecular formula is C21H21F5N6O3. The van der Waals surface area contributed by atoms with E-state index < -0.39 is 30.4 Å². The number of alkyl halides is 5. The van der Waals surface area contributed by atoms with E-state index >= 15 is 0 Å². The van der Waals surface area contributed by atoms with E-state index in [-0.39, 0.29) is 53.2 Å². The molecule has 5 rings (SSSR count). The van der Waals surface area contributed by atoms with Gasteiger partial charge in [-0.3, -0.25) is 5.32 Å². The molecule has 1 amide bonds. The molecule has 0 bridgehead atoms. The van der Waals surface area contributed by atoms with Crippen LogP contribution in [-0.2, 0) is 15.1 Å². The summed E-state index contributed by atoms with van der Waals surface area (Å²) in [5.41, 5.74) is -3.26. The van der Waals surface area contributed by atoms with Crippen LogP contribution in [0.1, 0.15) is 30.6 Å². The predicted octanol–water partition coefficient (Wildman–Crippen LogP) is 3.38. The van der Waals surface area contributed by atoms with Crippen molar-refractivity contribution in [2.75, 3.05) is 36.5 Å². The topological polar surface area (TPSA) is 102 Å². The van der Waals surface area contributed by atoms with Gasteiger partial charge >= 0.3 is 12.3 Å². The minimum atomic E-state index is -4.72. The van der Waals surface area contributed by atoms with Crippen LogP contribution in [0.15, 0.2) is 18.5 Å². The molecule has 2 saturated heterocycles. The first-order chi connectivity index (χ1) is 16.6. The molecule has 2 N–H and O–H groups in total. The highest BCUT2D eigenvalue weighted by molar-refractivity contribution is 5.88. The van der Waals surface area contributed by atoms with Crippen LogP contribution in [-0.4, -0.2) is 65.9 Å². The number of nitrogens with one attached hydrogen (secondary N) is 2. The van der Waals surface area contributed by atoms with Crippen molar-refractivity contribution < 1.29 is 36.2 Å². The normalized spacial score (nSPS) is 26.6. The van der Waals surface area contributed by atoms with Crippen LogP contribution < -0.4 is 15.5 Å². The molecule has 5 heterocycles. The van der Waals surface area contributed by atoms with Crippen molar-refractivity contribution in [3.63, 3.8) is 0 Å². The lowest BCUT2D eigenvalue weighted by molar-refractivity contribution is -0.333. The smallest absolute Gasteiger partial charge is 0.421 e. The number of ether oxygens (including phenoxy) is 2. The molecule has 0 saturated carbocycles. The molecule has 0 spiro atoms. The molecule has 3 atom stereocenters. The minimum absolute atomic E-state index is 0.0489. The van der Waals surface area contributed by atoms with E-state index in [1.165, 1.54) is 6.07 Å². The first kappa shape index (κ1) is 23.6. The van der Waals surface area contributed by atoms with Gasteiger partial charge < -0.3 is 19.7 Å². The molecule has 3 aliphatic rings. The monoisotopic (exact) mass is 500 g/mol. The zero-order chi connectivity index (χ0) is 25.0. The number of nitrogens with zero attached hydrogens (tertiary/aromatic N) is 4. The standard InChI is InChI=1S/C21H21F5N6O3/c1-10-8-32(4-3-27-10)13-7-11(20(2-5-34-20)21(24,25)26)6-12(30-13)15-14-16(17(22)23)35-19(33)31-18(14)29-9-28-15/h6-7,9-10,16-17,27H,2-5,8H2,1H3,(H,28,29,31,33)/t10-,16?,20?/m0/s1. The third-order valence-electron chi connectivity index (χ3n) is 6.33. The van der Waals surface area contributed by atoms with Gasteiger partial charge in [0.2, 0.25) is 0 Å². The number of hydrogen-bond donors (Lipinski definition) is 2. The van der Waals surface area contributed by atoms with Crippen LogP contribution >= 0.6 is 0 Å². The van der Waals surface area contributed by atoms with E-state index in [4.69, 9.17) is 9.47 Å². The van der Waals surface area contributed by atoms with Crippen molar-refractivity contribution in [1.82, 2.24) is 20.3 Å². The zero-order valence-corrected chi connectivity index (χ0v) is 18.4. The molecule has 0 radical (unpaired) electrons. The van der Waals surface area contributed by atoms with E-state index in [0.29, 0.717) is 19.6 Å². The van der Waals surface area contributed by atoms with E-state index in [9.17, 15) is 26.7 Å². The second-order valence-corrected chi connectivity index (χ2v) is 8.59. The Morgan fingerprint density at radius 1 is 1.26 bits per heavy atom. The zero-order valence-electron chi connectivity index (χ0n) is 18.4. The SMILES string of the molecule is C[C@H]1CN(c2cc(C3(C(F)(F)F)CCO3)cc(-c3ncnc4c3C(C(F)F)OC(=O)N4)n2)CCN1. The lowest BCUT2D eigenvalue weighted by atomic mass is 9.85. The first-order valence-corrected chi connectivity index (χ1v) is 10.9. The molecule has 9 nitrogen and oxygen atoms in total. The summed E-state index contributed by atoms with van der Waals surface area (Å²) in [6.07, 6.45) is -10.3. The first-order valence-electron chi connectivity index (χ1n) is 10.9. The van der Waals surface area contributed by atoms with Gasteiger partial charge in [0.05, 0.1) is 17.9 Å². The van der Waals surface area contributed by atoms with Crippen molar-refractivity contribution in [2.45, 2.75) is 43.7 Å². The molecule has 14 heteroatoms. The van der Waals surface area contributed by atoms with Gasteiger partial charge in [0.25, 0.3) is 6.43 Å². The number of amides is 1. The number of carbonyl (C=O) groups is 1. The summed E-state index contributed by atoms with van der Waals surface area (Å²) < 4.78 is 79.9. The number of carbonyl (C=O) groups excluding carboxylic acids is 1. The molecule has 3 aliphatic heterocycles. The number of hydrogen-bond acceptors (Lipinski definition) is 8. The summed E-state index contributed by atoms with van der Waals surface area (Å²) in [4.78, 5) is 25.9. The fraction of sp³-hybridized carbons (Fsp3) is 0.524. The maximum absolute atomic E-state index is 14.1. The third-order valence-corrected chi connectivity index (χ3v) is 6.33. The minimum Gasteiger partial charge on any atom is -0.435 e. The number of halogens is 5. The van der Waals surface area contributed by atoms with Crippen molar-refractivity contribution in [2.24, 2.45) is 0 Å². The van der Waals surface area contributed by atoms with Gasteiger partial charge in [-0.2, -0.15) is 13.2 Å². The summed E-state index contributed by atoms with van der Waals surface area (Å²) in [7, 11) is 0. The number of anilines is 2. The number of rotatable bonds is 4. The number of pyridine rings is 1. The fourth-order valence-electron chi connectivity index (χ4n) is 4.54. The number of piperazine rings is 1. The van der Waals surface area contributed by atoms with Crippen LogP contribution in [0.25, 0.3) is 11.4 Å².